The van der Waals surface area contributed by atoms with Crippen LogP contribution >= 0.6 is 11.6 Å². The Kier molecular flexibility index (Phi) is 5.68. The summed E-state index contributed by atoms with van der Waals surface area (Å²) < 4.78 is 2.37. The molecule has 0 aliphatic heterocycles. The molecule has 0 radical (unpaired) electrons. The van der Waals surface area contributed by atoms with Gasteiger partial charge in [0.2, 0.25) is 0 Å². The minimum Gasteiger partial charge on any atom is -0.340 e. The van der Waals surface area contributed by atoms with Gasteiger partial charge < -0.3 is 9.99 Å². The Hall–Kier alpha value is -3.04. The zero-order valence-electron chi connectivity index (χ0n) is 16.7. The topological polar surface area (TPSA) is 29.3 Å². The Labute approximate surface area is 176 Å². The zero-order chi connectivity index (χ0) is 20.2. The SMILES string of the molecule is Cc1ccccc1Cn1c(C)c(/C=N\NCc2ccccc2Cl)c2ccccc21. The Morgan fingerprint density at radius 3 is 2.38 bits per heavy atom. The second-order valence-electron chi connectivity index (χ2n) is 7.21. The molecule has 0 bridgehead atoms. The molecule has 1 N–H and O–H groups in total. The molecule has 4 rings (SSSR count). The lowest BCUT2D eigenvalue weighted by atomic mass is 10.1. The molecule has 4 heteroatoms. The standard InChI is InChI=1S/C25H24ClN3/c1-18-9-3-4-11-21(18)17-29-19(2)23(22-12-6-8-14-25(22)29)16-28-27-15-20-10-5-7-13-24(20)26/h3-14,16,27H,15,17H2,1-2H3/b28-16-. The first-order valence-corrected chi connectivity index (χ1v) is 10.1. The minimum atomic E-state index is 0.594. The molecule has 0 aliphatic rings. The molecular formula is C25H24ClN3. The first-order valence-electron chi connectivity index (χ1n) is 9.77. The maximum absolute atomic E-state index is 6.22. The third kappa shape index (κ3) is 4.06. The summed E-state index contributed by atoms with van der Waals surface area (Å²) in [6.07, 6.45) is 1.92. The lowest BCUT2D eigenvalue weighted by Gasteiger charge is -2.11. The number of aromatic nitrogens is 1. The predicted octanol–water partition coefficient (Wildman–Crippen LogP) is 6.08. The highest BCUT2D eigenvalue weighted by Gasteiger charge is 2.13. The van der Waals surface area contributed by atoms with E-state index in [0.717, 1.165) is 22.7 Å². The molecule has 3 aromatic carbocycles. The fraction of sp³-hybridized carbons (Fsp3) is 0.160. The smallest absolute Gasteiger partial charge is 0.0594 e. The maximum atomic E-state index is 6.22. The average Bonchev–Trinajstić information content (AvgIpc) is 3.00. The first kappa shape index (κ1) is 19.3. The van der Waals surface area contributed by atoms with Crippen LogP contribution in [0.3, 0.4) is 0 Å². The lowest BCUT2D eigenvalue weighted by molar-refractivity contribution is 0.747. The van der Waals surface area contributed by atoms with Gasteiger partial charge in [-0.15, -0.1) is 0 Å². The van der Waals surface area contributed by atoms with E-state index < -0.39 is 0 Å². The molecule has 1 aromatic heterocycles. The Bertz CT molecular complexity index is 1170. The number of fused-ring (bicyclic) bond motifs is 1. The van der Waals surface area contributed by atoms with Gasteiger partial charge in [0, 0.05) is 33.7 Å². The van der Waals surface area contributed by atoms with E-state index in [4.69, 9.17) is 11.6 Å². The van der Waals surface area contributed by atoms with Crippen LogP contribution in [0.1, 0.15) is 27.9 Å². The number of hydrogen-bond acceptors (Lipinski definition) is 2. The molecule has 29 heavy (non-hydrogen) atoms. The van der Waals surface area contributed by atoms with E-state index in [1.807, 2.05) is 30.5 Å². The molecule has 146 valence electrons. The van der Waals surface area contributed by atoms with Crippen molar-refractivity contribution in [1.82, 2.24) is 9.99 Å². The molecule has 0 amide bonds. The first-order chi connectivity index (χ1) is 14.1. The van der Waals surface area contributed by atoms with Gasteiger partial charge in [-0.1, -0.05) is 72.3 Å². The fourth-order valence-electron chi connectivity index (χ4n) is 3.67. The molecule has 3 nitrogen and oxygen atoms in total. The van der Waals surface area contributed by atoms with Gasteiger partial charge in [0.1, 0.15) is 0 Å². The van der Waals surface area contributed by atoms with E-state index in [9.17, 15) is 0 Å². The highest BCUT2D eigenvalue weighted by Crippen LogP contribution is 2.26. The van der Waals surface area contributed by atoms with E-state index in [0.29, 0.717) is 6.54 Å². The molecule has 0 saturated heterocycles. The van der Waals surface area contributed by atoms with Crippen LogP contribution in [0.2, 0.25) is 5.02 Å². The van der Waals surface area contributed by atoms with Crippen molar-refractivity contribution >= 4 is 28.7 Å². The van der Waals surface area contributed by atoms with Crippen LogP contribution in [0.4, 0.5) is 0 Å². The number of halogens is 1. The van der Waals surface area contributed by atoms with Crippen molar-refractivity contribution in [2.45, 2.75) is 26.9 Å². The number of nitrogens with one attached hydrogen (secondary N) is 1. The van der Waals surface area contributed by atoms with Crippen molar-refractivity contribution < 1.29 is 0 Å². The van der Waals surface area contributed by atoms with Crippen molar-refractivity contribution in [2.24, 2.45) is 5.10 Å². The third-order valence-corrected chi connectivity index (χ3v) is 5.75. The summed E-state index contributed by atoms with van der Waals surface area (Å²) in [7, 11) is 0. The van der Waals surface area contributed by atoms with Gasteiger partial charge in [-0.25, -0.2) is 0 Å². The molecule has 0 fully saturated rings. The summed E-state index contributed by atoms with van der Waals surface area (Å²) in [6.45, 7) is 5.77. The summed E-state index contributed by atoms with van der Waals surface area (Å²) in [4.78, 5) is 0. The average molecular weight is 402 g/mol. The van der Waals surface area contributed by atoms with E-state index in [1.54, 1.807) is 0 Å². The van der Waals surface area contributed by atoms with Crippen molar-refractivity contribution in [1.29, 1.82) is 0 Å². The largest absolute Gasteiger partial charge is 0.340 e. The van der Waals surface area contributed by atoms with Crippen molar-refractivity contribution in [3.63, 3.8) is 0 Å². The summed E-state index contributed by atoms with van der Waals surface area (Å²) in [5, 5.41) is 6.44. The number of hydrazone groups is 1. The van der Waals surface area contributed by atoms with Gasteiger partial charge in [-0.2, -0.15) is 5.10 Å². The Morgan fingerprint density at radius 2 is 1.59 bits per heavy atom. The molecule has 0 spiro atoms. The number of nitrogens with zero attached hydrogens (tertiary/aromatic N) is 2. The van der Waals surface area contributed by atoms with Crippen molar-refractivity contribution in [3.05, 3.63) is 106 Å². The van der Waals surface area contributed by atoms with Crippen LogP contribution in [0, 0.1) is 13.8 Å². The van der Waals surface area contributed by atoms with Gasteiger partial charge in [0.05, 0.1) is 12.8 Å². The second-order valence-corrected chi connectivity index (χ2v) is 7.62. The van der Waals surface area contributed by atoms with E-state index in [1.165, 1.54) is 27.7 Å². The number of hydrogen-bond donors (Lipinski definition) is 1. The zero-order valence-corrected chi connectivity index (χ0v) is 17.4. The molecule has 4 aromatic rings. The molecule has 0 aliphatic carbocycles. The molecule has 0 atom stereocenters. The summed E-state index contributed by atoms with van der Waals surface area (Å²) in [6, 6.07) is 24.9. The van der Waals surface area contributed by atoms with Crippen LogP contribution in [0.25, 0.3) is 10.9 Å². The van der Waals surface area contributed by atoms with Crippen molar-refractivity contribution in [3.8, 4) is 0 Å². The molecular weight excluding hydrogens is 378 g/mol. The highest BCUT2D eigenvalue weighted by molar-refractivity contribution is 6.31. The predicted molar refractivity (Wildman–Crippen MR) is 123 cm³/mol. The van der Waals surface area contributed by atoms with Gasteiger partial charge >= 0.3 is 0 Å². The van der Waals surface area contributed by atoms with Gasteiger partial charge in [0.25, 0.3) is 0 Å². The highest BCUT2D eigenvalue weighted by atomic mass is 35.5. The summed E-state index contributed by atoms with van der Waals surface area (Å²) in [5.74, 6) is 0. The molecule has 0 unspecified atom stereocenters. The van der Waals surface area contributed by atoms with Gasteiger partial charge in [-0.3, -0.25) is 0 Å². The maximum Gasteiger partial charge on any atom is 0.0594 e. The summed E-state index contributed by atoms with van der Waals surface area (Å²) in [5.41, 5.74) is 10.4. The van der Waals surface area contributed by atoms with E-state index >= 15 is 0 Å². The number of benzene rings is 3. The van der Waals surface area contributed by atoms with Crippen LogP contribution in [-0.2, 0) is 13.1 Å². The lowest BCUT2D eigenvalue weighted by Crippen LogP contribution is -2.07. The molecule has 0 saturated carbocycles. The van der Waals surface area contributed by atoms with Crippen LogP contribution < -0.4 is 5.43 Å². The van der Waals surface area contributed by atoms with E-state index in [-0.39, 0.29) is 0 Å². The second kappa shape index (κ2) is 8.54. The van der Waals surface area contributed by atoms with Crippen LogP contribution in [0.15, 0.2) is 77.9 Å². The van der Waals surface area contributed by atoms with Crippen LogP contribution in [0.5, 0.6) is 0 Å². The quantitative estimate of drug-likeness (QED) is 0.307. The normalized spacial score (nSPS) is 11.4. The fourth-order valence-corrected chi connectivity index (χ4v) is 3.87. The van der Waals surface area contributed by atoms with Crippen molar-refractivity contribution in [2.75, 3.05) is 0 Å². The Morgan fingerprint density at radius 1 is 0.897 bits per heavy atom. The minimum absolute atomic E-state index is 0.594. The Balaban J connectivity index is 1.62. The third-order valence-electron chi connectivity index (χ3n) is 5.38. The van der Waals surface area contributed by atoms with Gasteiger partial charge in [-0.05, 0) is 42.7 Å². The number of aryl methyl sites for hydroxylation is 1. The van der Waals surface area contributed by atoms with Gasteiger partial charge in [0.15, 0.2) is 0 Å². The van der Waals surface area contributed by atoms with E-state index in [2.05, 4.69) is 77.5 Å². The number of para-hydroxylation sites is 1. The molecule has 1 heterocycles. The van der Waals surface area contributed by atoms with Crippen LogP contribution in [-0.4, -0.2) is 10.8 Å². The summed E-state index contributed by atoms with van der Waals surface area (Å²) >= 11 is 6.22. The number of rotatable bonds is 6. The monoisotopic (exact) mass is 401 g/mol.